The summed E-state index contributed by atoms with van der Waals surface area (Å²) in [5, 5.41) is 0. The lowest BCUT2D eigenvalue weighted by atomic mass is 10.1. The highest BCUT2D eigenvalue weighted by Gasteiger charge is 1.93. The number of aldehydes is 1. The van der Waals surface area contributed by atoms with E-state index in [1.54, 1.807) is 0 Å². The van der Waals surface area contributed by atoms with Gasteiger partial charge in [-0.3, -0.25) is 0 Å². The van der Waals surface area contributed by atoms with E-state index in [4.69, 9.17) is 5.73 Å². The summed E-state index contributed by atoms with van der Waals surface area (Å²) in [6.45, 7) is 2.60. The molecule has 0 atom stereocenters. The SMILES string of the molecule is C/C(=C\c1cccc(CN)c1)CCC=O. The fraction of sp³-hybridized carbons (Fsp3) is 0.308. The van der Waals surface area contributed by atoms with Crippen molar-refractivity contribution in [2.45, 2.75) is 26.3 Å². The third kappa shape index (κ3) is 4.09. The molecule has 0 spiro atoms. The zero-order chi connectivity index (χ0) is 11.1. The predicted molar refractivity (Wildman–Crippen MR) is 63.3 cm³/mol. The first-order valence-corrected chi connectivity index (χ1v) is 5.16. The van der Waals surface area contributed by atoms with Crippen LogP contribution < -0.4 is 5.73 Å². The minimum Gasteiger partial charge on any atom is -0.326 e. The zero-order valence-corrected chi connectivity index (χ0v) is 9.07. The Morgan fingerprint density at radius 1 is 1.47 bits per heavy atom. The molecule has 0 radical (unpaired) electrons. The highest BCUT2D eigenvalue weighted by Crippen LogP contribution is 2.12. The first-order valence-electron chi connectivity index (χ1n) is 5.16. The number of hydrogen-bond acceptors (Lipinski definition) is 2. The van der Waals surface area contributed by atoms with Gasteiger partial charge in [0.25, 0.3) is 0 Å². The van der Waals surface area contributed by atoms with E-state index in [9.17, 15) is 4.79 Å². The summed E-state index contributed by atoms with van der Waals surface area (Å²) in [5.41, 5.74) is 9.07. The summed E-state index contributed by atoms with van der Waals surface area (Å²) in [5.74, 6) is 0. The Morgan fingerprint density at radius 2 is 2.27 bits per heavy atom. The Hall–Kier alpha value is -1.41. The van der Waals surface area contributed by atoms with E-state index in [0.717, 1.165) is 23.8 Å². The molecule has 1 aromatic rings. The largest absolute Gasteiger partial charge is 0.326 e. The van der Waals surface area contributed by atoms with E-state index in [2.05, 4.69) is 12.1 Å². The van der Waals surface area contributed by atoms with E-state index in [1.807, 2.05) is 25.1 Å². The second-order valence-electron chi connectivity index (χ2n) is 3.65. The smallest absolute Gasteiger partial charge is 0.120 e. The van der Waals surface area contributed by atoms with E-state index < -0.39 is 0 Å². The summed E-state index contributed by atoms with van der Waals surface area (Å²) < 4.78 is 0. The zero-order valence-electron chi connectivity index (χ0n) is 9.07. The molecule has 0 amide bonds. The molecule has 0 saturated heterocycles. The summed E-state index contributed by atoms with van der Waals surface area (Å²) >= 11 is 0. The fourth-order valence-electron chi connectivity index (χ4n) is 1.45. The molecule has 0 aliphatic carbocycles. The monoisotopic (exact) mass is 203 g/mol. The molecule has 0 fully saturated rings. The Balaban J connectivity index is 2.73. The maximum atomic E-state index is 10.2. The van der Waals surface area contributed by atoms with Gasteiger partial charge in [0.1, 0.15) is 6.29 Å². The molecule has 0 bridgehead atoms. The van der Waals surface area contributed by atoms with Gasteiger partial charge in [-0.2, -0.15) is 0 Å². The van der Waals surface area contributed by atoms with Crippen LogP contribution in [0.2, 0.25) is 0 Å². The lowest BCUT2D eigenvalue weighted by Crippen LogP contribution is -1.95. The summed E-state index contributed by atoms with van der Waals surface area (Å²) in [6, 6.07) is 8.13. The van der Waals surface area contributed by atoms with Gasteiger partial charge in [0.05, 0.1) is 0 Å². The van der Waals surface area contributed by atoms with Crippen molar-refractivity contribution < 1.29 is 4.79 Å². The van der Waals surface area contributed by atoms with Crippen molar-refractivity contribution >= 4 is 12.4 Å². The van der Waals surface area contributed by atoms with E-state index in [-0.39, 0.29) is 0 Å². The second-order valence-corrected chi connectivity index (χ2v) is 3.65. The summed E-state index contributed by atoms with van der Waals surface area (Å²) in [7, 11) is 0. The normalized spacial score (nSPS) is 11.5. The van der Waals surface area contributed by atoms with Gasteiger partial charge < -0.3 is 10.5 Å². The minimum absolute atomic E-state index is 0.565. The molecular weight excluding hydrogens is 186 g/mol. The first kappa shape index (κ1) is 11.7. The number of benzene rings is 1. The van der Waals surface area contributed by atoms with Crippen LogP contribution in [0.15, 0.2) is 29.8 Å². The summed E-state index contributed by atoms with van der Waals surface area (Å²) in [4.78, 5) is 10.2. The number of nitrogens with two attached hydrogens (primary N) is 1. The van der Waals surface area contributed by atoms with Gasteiger partial charge in [-0.15, -0.1) is 0 Å². The molecular formula is C13H17NO. The number of carbonyl (C=O) groups is 1. The predicted octanol–water partition coefficient (Wildman–Crippen LogP) is 2.53. The molecule has 0 heterocycles. The van der Waals surface area contributed by atoms with Gasteiger partial charge in [-0.25, -0.2) is 0 Å². The third-order valence-electron chi connectivity index (χ3n) is 2.26. The van der Waals surface area contributed by atoms with Crippen LogP contribution in [-0.2, 0) is 11.3 Å². The molecule has 80 valence electrons. The van der Waals surface area contributed by atoms with E-state index in [1.165, 1.54) is 5.57 Å². The average molecular weight is 203 g/mol. The second kappa shape index (κ2) is 6.14. The standard InChI is InChI=1S/C13H17NO/c1-11(4-3-7-15)8-12-5-2-6-13(9-12)10-14/h2,5-9H,3-4,10,14H2,1H3/b11-8+. The Labute approximate surface area is 90.8 Å². The molecule has 0 aliphatic heterocycles. The lowest BCUT2D eigenvalue weighted by molar-refractivity contribution is -0.107. The topological polar surface area (TPSA) is 43.1 Å². The number of carbonyl (C=O) groups excluding carboxylic acids is 1. The van der Waals surface area contributed by atoms with Gasteiger partial charge >= 0.3 is 0 Å². The van der Waals surface area contributed by atoms with Gasteiger partial charge in [0.2, 0.25) is 0 Å². The average Bonchev–Trinajstić information content (AvgIpc) is 2.26. The van der Waals surface area contributed by atoms with E-state index >= 15 is 0 Å². The molecule has 1 aromatic carbocycles. The lowest BCUT2D eigenvalue weighted by Gasteiger charge is -2.01. The van der Waals surface area contributed by atoms with Crippen LogP contribution in [0.4, 0.5) is 0 Å². The van der Waals surface area contributed by atoms with Crippen LogP contribution >= 0.6 is 0 Å². The molecule has 0 aromatic heterocycles. The van der Waals surface area contributed by atoms with Crippen LogP contribution in [0.3, 0.4) is 0 Å². The van der Waals surface area contributed by atoms with Crippen molar-refractivity contribution in [2.24, 2.45) is 5.73 Å². The highest BCUT2D eigenvalue weighted by atomic mass is 16.1. The summed E-state index contributed by atoms with van der Waals surface area (Å²) in [6.07, 6.45) is 4.48. The number of allylic oxidation sites excluding steroid dienone is 1. The van der Waals surface area contributed by atoms with Crippen LogP contribution in [0.25, 0.3) is 6.08 Å². The van der Waals surface area contributed by atoms with Crippen LogP contribution in [-0.4, -0.2) is 6.29 Å². The highest BCUT2D eigenvalue weighted by molar-refractivity contribution is 5.55. The Morgan fingerprint density at radius 3 is 2.93 bits per heavy atom. The molecule has 2 N–H and O–H groups in total. The molecule has 1 rings (SSSR count). The maximum Gasteiger partial charge on any atom is 0.120 e. The van der Waals surface area contributed by atoms with Crippen LogP contribution in [0.5, 0.6) is 0 Å². The van der Waals surface area contributed by atoms with Crippen LogP contribution in [0.1, 0.15) is 30.9 Å². The quantitative estimate of drug-likeness (QED) is 0.747. The van der Waals surface area contributed by atoms with Crippen molar-refractivity contribution in [1.82, 2.24) is 0 Å². The first-order chi connectivity index (χ1) is 7.26. The van der Waals surface area contributed by atoms with Crippen molar-refractivity contribution in [3.05, 3.63) is 41.0 Å². The molecule has 0 aliphatic rings. The molecule has 0 unspecified atom stereocenters. The molecule has 2 heteroatoms. The van der Waals surface area contributed by atoms with Crippen molar-refractivity contribution in [3.8, 4) is 0 Å². The molecule has 0 saturated carbocycles. The van der Waals surface area contributed by atoms with Crippen molar-refractivity contribution in [3.63, 3.8) is 0 Å². The third-order valence-corrected chi connectivity index (χ3v) is 2.26. The number of hydrogen-bond donors (Lipinski definition) is 1. The van der Waals surface area contributed by atoms with Crippen LogP contribution in [0, 0.1) is 0 Å². The van der Waals surface area contributed by atoms with Gasteiger partial charge in [-0.1, -0.05) is 35.9 Å². The van der Waals surface area contributed by atoms with Gasteiger partial charge in [0.15, 0.2) is 0 Å². The van der Waals surface area contributed by atoms with Gasteiger partial charge in [-0.05, 0) is 24.5 Å². The Kier molecular flexibility index (Phi) is 4.78. The van der Waals surface area contributed by atoms with E-state index in [0.29, 0.717) is 13.0 Å². The molecule has 2 nitrogen and oxygen atoms in total. The fourth-order valence-corrected chi connectivity index (χ4v) is 1.45. The van der Waals surface area contributed by atoms with Gasteiger partial charge in [0, 0.05) is 13.0 Å². The van der Waals surface area contributed by atoms with Crippen molar-refractivity contribution in [1.29, 1.82) is 0 Å². The number of rotatable bonds is 5. The van der Waals surface area contributed by atoms with Crippen molar-refractivity contribution in [2.75, 3.05) is 0 Å². The minimum atomic E-state index is 0.565. The molecule has 15 heavy (non-hydrogen) atoms. The maximum absolute atomic E-state index is 10.2. The Bertz CT molecular complexity index is 355.